The van der Waals surface area contributed by atoms with E-state index in [1.165, 1.54) is 11.4 Å². The predicted octanol–water partition coefficient (Wildman–Crippen LogP) is 5.04. The highest BCUT2D eigenvalue weighted by Gasteiger charge is 2.17. The first kappa shape index (κ1) is 24.8. The van der Waals surface area contributed by atoms with Crippen LogP contribution in [0.2, 0.25) is 0 Å². The van der Waals surface area contributed by atoms with Crippen molar-refractivity contribution >= 4 is 57.0 Å². The van der Waals surface area contributed by atoms with Crippen molar-refractivity contribution in [3.05, 3.63) is 71.7 Å². The molecule has 0 bridgehead atoms. The van der Waals surface area contributed by atoms with Crippen molar-refractivity contribution in [3.63, 3.8) is 0 Å². The molecular formula is C29H30N8O2S. The molecule has 0 unspecified atom stereocenters. The number of anilines is 6. The Labute approximate surface area is 236 Å². The smallest absolute Gasteiger partial charge is 0.231 e. The number of thiophene rings is 1. The van der Waals surface area contributed by atoms with Crippen molar-refractivity contribution in [3.8, 4) is 5.69 Å². The molecule has 2 aliphatic heterocycles. The van der Waals surface area contributed by atoms with Crippen molar-refractivity contribution in [1.29, 1.82) is 0 Å². The standard InChI is InChI=1S/C29H30N8O2S/c1-5-23(35-10-14-38-15-11-35)6-2-21(1)31-27-26-28(37(20-30-26)25-9-18-40-19-25)34-29(33-27)32-22-3-7-24(8-4-22)36-12-16-39-17-13-36/h1-9,18-20H,10-17H2,(H2,31,32,33,34). The zero-order valence-corrected chi connectivity index (χ0v) is 22.8. The fourth-order valence-electron chi connectivity index (χ4n) is 5.05. The number of fused-ring (bicyclic) bond motifs is 1. The summed E-state index contributed by atoms with van der Waals surface area (Å²) in [7, 11) is 0. The van der Waals surface area contributed by atoms with Crippen LogP contribution in [0.4, 0.5) is 34.5 Å². The van der Waals surface area contributed by atoms with E-state index >= 15 is 0 Å². The minimum absolute atomic E-state index is 0.496. The first-order valence-corrected chi connectivity index (χ1v) is 14.4. The summed E-state index contributed by atoms with van der Waals surface area (Å²) in [4.78, 5) is 19.1. The van der Waals surface area contributed by atoms with Crippen LogP contribution in [0.15, 0.2) is 71.7 Å². The molecule has 204 valence electrons. The number of imidazole rings is 1. The van der Waals surface area contributed by atoms with E-state index in [0.29, 0.717) is 17.3 Å². The Bertz CT molecular complexity index is 1560. The summed E-state index contributed by atoms with van der Waals surface area (Å²) in [6, 6.07) is 18.8. The van der Waals surface area contributed by atoms with Crippen LogP contribution in [0, 0.1) is 0 Å². The molecule has 2 saturated heterocycles. The molecule has 2 N–H and O–H groups in total. The lowest BCUT2D eigenvalue weighted by molar-refractivity contribution is 0.122. The van der Waals surface area contributed by atoms with E-state index in [4.69, 9.17) is 19.4 Å². The molecule has 0 radical (unpaired) electrons. The van der Waals surface area contributed by atoms with Crippen molar-refractivity contribution in [2.24, 2.45) is 0 Å². The number of aromatic nitrogens is 4. The fraction of sp³-hybridized carbons (Fsp3) is 0.276. The highest BCUT2D eigenvalue weighted by atomic mass is 32.1. The molecule has 2 aromatic carbocycles. The summed E-state index contributed by atoms with van der Waals surface area (Å²) in [5, 5.41) is 11.0. The summed E-state index contributed by atoms with van der Waals surface area (Å²) in [6.07, 6.45) is 1.80. The van der Waals surface area contributed by atoms with E-state index in [0.717, 1.165) is 75.3 Å². The van der Waals surface area contributed by atoms with Gasteiger partial charge in [0.2, 0.25) is 5.95 Å². The lowest BCUT2D eigenvalue weighted by Gasteiger charge is -2.29. The van der Waals surface area contributed by atoms with Gasteiger partial charge in [-0.25, -0.2) is 4.98 Å². The third-order valence-electron chi connectivity index (χ3n) is 7.19. The maximum absolute atomic E-state index is 5.49. The molecule has 5 aromatic rings. The first-order chi connectivity index (χ1) is 19.8. The molecule has 11 heteroatoms. The molecule has 0 aliphatic carbocycles. The number of rotatable bonds is 7. The molecule has 7 rings (SSSR count). The van der Waals surface area contributed by atoms with Crippen LogP contribution in [0.1, 0.15) is 0 Å². The van der Waals surface area contributed by atoms with E-state index < -0.39 is 0 Å². The van der Waals surface area contributed by atoms with Crippen LogP contribution in [0.25, 0.3) is 16.9 Å². The Hall–Kier alpha value is -4.19. The second-order valence-electron chi connectivity index (χ2n) is 9.71. The van der Waals surface area contributed by atoms with Crippen molar-refractivity contribution in [2.75, 3.05) is 73.0 Å². The quantitative estimate of drug-likeness (QED) is 0.287. The molecule has 2 fully saturated rings. The van der Waals surface area contributed by atoms with Gasteiger partial charge in [-0.15, -0.1) is 0 Å². The normalized spacial score (nSPS) is 15.9. The van der Waals surface area contributed by atoms with Crippen molar-refractivity contribution in [1.82, 2.24) is 19.5 Å². The molecule has 0 spiro atoms. The van der Waals surface area contributed by atoms with E-state index in [-0.39, 0.29) is 0 Å². The van der Waals surface area contributed by atoms with Gasteiger partial charge in [0, 0.05) is 54.3 Å². The van der Waals surface area contributed by atoms with Gasteiger partial charge in [-0.2, -0.15) is 21.3 Å². The Morgan fingerprint density at radius 2 is 1.27 bits per heavy atom. The molecule has 2 aliphatic rings. The van der Waals surface area contributed by atoms with Gasteiger partial charge >= 0.3 is 0 Å². The minimum Gasteiger partial charge on any atom is -0.378 e. The highest BCUT2D eigenvalue weighted by Crippen LogP contribution is 2.29. The average Bonchev–Trinajstić information content (AvgIpc) is 3.69. The van der Waals surface area contributed by atoms with Crippen LogP contribution in [0.3, 0.4) is 0 Å². The molecule has 3 aromatic heterocycles. The van der Waals surface area contributed by atoms with Gasteiger partial charge in [0.1, 0.15) is 6.33 Å². The first-order valence-electron chi connectivity index (χ1n) is 13.5. The molecule has 0 amide bonds. The maximum Gasteiger partial charge on any atom is 0.231 e. The molecule has 10 nitrogen and oxygen atoms in total. The average molecular weight is 555 g/mol. The Balaban J connectivity index is 1.18. The van der Waals surface area contributed by atoms with Gasteiger partial charge in [0.25, 0.3) is 0 Å². The third-order valence-corrected chi connectivity index (χ3v) is 7.86. The number of hydrogen-bond donors (Lipinski definition) is 2. The summed E-state index contributed by atoms with van der Waals surface area (Å²) < 4.78 is 13.0. The molecule has 0 saturated carbocycles. The van der Waals surface area contributed by atoms with Gasteiger partial charge in [-0.3, -0.25) is 4.57 Å². The van der Waals surface area contributed by atoms with Crippen LogP contribution >= 0.6 is 11.3 Å². The largest absolute Gasteiger partial charge is 0.378 e. The van der Waals surface area contributed by atoms with Crippen LogP contribution in [0.5, 0.6) is 0 Å². The lowest BCUT2D eigenvalue weighted by Crippen LogP contribution is -2.36. The lowest BCUT2D eigenvalue weighted by atomic mass is 10.2. The summed E-state index contributed by atoms with van der Waals surface area (Å²) in [5.74, 6) is 1.14. The summed E-state index contributed by atoms with van der Waals surface area (Å²) in [5.41, 5.74) is 6.68. The Kier molecular flexibility index (Phi) is 6.90. The fourth-order valence-corrected chi connectivity index (χ4v) is 5.67. The van der Waals surface area contributed by atoms with E-state index in [1.54, 1.807) is 17.7 Å². The molecule has 5 heterocycles. The second-order valence-corrected chi connectivity index (χ2v) is 10.5. The minimum atomic E-state index is 0.496. The highest BCUT2D eigenvalue weighted by molar-refractivity contribution is 7.08. The van der Waals surface area contributed by atoms with Crippen molar-refractivity contribution < 1.29 is 9.47 Å². The molecular weight excluding hydrogens is 524 g/mol. The van der Waals surface area contributed by atoms with E-state index in [1.807, 2.05) is 9.95 Å². The zero-order chi connectivity index (χ0) is 26.7. The van der Waals surface area contributed by atoms with Gasteiger partial charge in [-0.05, 0) is 60.0 Å². The van der Waals surface area contributed by atoms with Gasteiger partial charge in [0.05, 0.1) is 32.1 Å². The van der Waals surface area contributed by atoms with Crippen LogP contribution in [-0.2, 0) is 9.47 Å². The number of nitrogens with zero attached hydrogens (tertiary/aromatic N) is 6. The van der Waals surface area contributed by atoms with Crippen molar-refractivity contribution in [2.45, 2.75) is 0 Å². The maximum atomic E-state index is 5.49. The Morgan fingerprint density at radius 3 is 1.85 bits per heavy atom. The number of hydrogen-bond acceptors (Lipinski definition) is 10. The summed E-state index contributed by atoms with van der Waals surface area (Å²) >= 11 is 1.64. The van der Waals surface area contributed by atoms with Gasteiger partial charge in [0.15, 0.2) is 17.0 Å². The van der Waals surface area contributed by atoms with E-state index in [2.05, 4.69) is 85.4 Å². The van der Waals surface area contributed by atoms with Gasteiger partial charge < -0.3 is 29.9 Å². The monoisotopic (exact) mass is 554 g/mol. The number of nitrogens with one attached hydrogen (secondary N) is 2. The molecule has 0 atom stereocenters. The summed E-state index contributed by atoms with van der Waals surface area (Å²) in [6.45, 7) is 6.66. The Morgan fingerprint density at radius 1 is 0.675 bits per heavy atom. The number of ether oxygens (including phenoxy) is 2. The number of morpholine rings is 2. The third kappa shape index (κ3) is 5.18. The predicted molar refractivity (Wildman–Crippen MR) is 160 cm³/mol. The van der Waals surface area contributed by atoms with Gasteiger partial charge in [-0.1, -0.05) is 0 Å². The topological polar surface area (TPSA) is 92.6 Å². The number of benzene rings is 2. The second kappa shape index (κ2) is 11.1. The van der Waals surface area contributed by atoms with E-state index in [9.17, 15) is 0 Å². The van der Waals surface area contributed by atoms with Crippen LogP contribution in [-0.4, -0.2) is 72.1 Å². The van der Waals surface area contributed by atoms with Crippen LogP contribution < -0.4 is 20.4 Å². The molecule has 40 heavy (non-hydrogen) atoms. The zero-order valence-electron chi connectivity index (χ0n) is 22.0. The SMILES string of the molecule is c1cc(-n2cnc3c(Nc4ccc(N5CCOCC5)cc4)nc(Nc4ccc(N5CCOCC5)cc4)nc32)cs1.